The molecule has 0 aliphatic carbocycles. The molecule has 3 aromatic heterocycles. The monoisotopic (exact) mass is 407 g/mol. The first-order valence-electron chi connectivity index (χ1n) is 9.26. The third kappa shape index (κ3) is 3.57. The van der Waals surface area contributed by atoms with E-state index in [1.165, 1.54) is 11.3 Å². The van der Waals surface area contributed by atoms with Gasteiger partial charge in [0.05, 0.1) is 22.2 Å². The zero-order valence-electron chi connectivity index (χ0n) is 15.6. The van der Waals surface area contributed by atoms with E-state index >= 15 is 0 Å². The first-order chi connectivity index (χ1) is 13.7. The van der Waals surface area contributed by atoms with Crippen molar-refractivity contribution in [2.24, 2.45) is 0 Å². The Morgan fingerprint density at radius 2 is 1.89 bits per heavy atom. The Morgan fingerprint density at radius 1 is 1.11 bits per heavy atom. The Hall–Kier alpha value is -2.57. The van der Waals surface area contributed by atoms with E-state index in [4.69, 9.17) is 10.7 Å². The zero-order chi connectivity index (χ0) is 19.5. The summed E-state index contributed by atoms with van der Waals surface area (Å²) in [5.41, 5.74) is 11.0. The fourth-order valence-electron chi connectivity index (χ4n) is 3.15. The lowest BCUT2D eigenvalue weighted by Crippen LogP contribution is -1.99. The number of benzene rings is 1. The highest BCUT2D eigenvalue weighted by Crippen LogP contribution is 2.42. The molecule has 3 heterocycles. The van der Waals surface area contributed by atoms with Gasteiger partial charge in [0, 0.05) is 29.1 Å². The standard InChI is InChI=1S/C22H21N3OS2/c1-2-3-12-28(26)22-20(23)19-17(15-8-5-4-6-9-15)13-18(25-21(19)27-22)16-10-7-11-24-14-16/h4-11,13-14H,2-3,12,23H2,1H3/t28-/m1/s1. The number of unbranched alkanes of at least 4 members (excludes halogenated alkanes) is 1. The maximum Gasteiger partial charge on any atom is 0.127 e. The molecule has 6 heteroatoms. The Morgan fingerprint density at radius 3 is 2.61 bits per heavy atom. The second-order valence-electron chi connectivity index (χ2n) is 6.55. The van der Waals surface area contributed by atoms with Gasteiger partial charge in [0.2, 0.25) is 0 Å². The molecule has 0 unspecified atom stereocenters. The van der Waals surface area contributed by atoms with Crippen molar-refractivity contribution in [1.29, 1.82) is 0 Å². The Bertz CT molecular complexity index is 1120. The average Bonchev–Trinajstić information content (AvgIpc) is 3.09. The summed E-state index contributed by atoms with van der Waals surface area (Å²) in [6, 6.07) is 16.1. The topological polar surface area (TPSA) is 68.9 Å². The highest BCUT2D eigenvalue weighted by molar-refractivity contribution is 7.87. The molecular formula is C22H21N3OS2. The molecule has 0 aliphatic heterocycles. The number of fused-ring (bicyclic) bond motifs is 1. The smallest absolute Gasteiger partial charge is 0.127 e. The van der Waals surface area contributed by atoms with Crippen molar-refractivity contribution in [3.63, 3.8) is 0 Å². The predicted molar refractivity (Wildman–Crippen MR) is 119 cm³/mol. The van der Waals surface area contributed by atoms with E-state index in [0.717, 1.165) is 49.7 Å². The number of hydrogen-bond acceptors (Lipinski definition) is 5. The number of nitrogens with zero attached hydrogens (tertiary/aromatic N) is 2. The zero-order valence-corrected chi connectivity index (χ0v) is 17.2. The highest BCUT2D eigenvalue weighted by Gasteiger charge is 2.20. The number of anilines is 1. The molecule has 0 amide bonds. The molecule has 1 aromatic carbocycles. The number of hydrogen-bond donors (Lipinski definition) is 1. The van der Waals surface area contributed by atoms with Crippen LogP contribution in [-0.4, -0.2) is 19.9 Å². The van der Waals surface area contributed by atoms with E-state index in [1.807, 2.05) is 30.3 Å². The maximum atomic E-state index is 12.8. The molecule has 0 fully saturated rings. The van der Waals surface area contributed by atoms with Gasteiger partial charge in [-0.1, -0.05) is 43.7 Å². The minimum absolute atomic E-state index is 0.596. The van der Waals surface area contributed by atoms with Gasteiger partial charge < -0.3 is 5.73 Å². The first kappa shape index (κ1) is 18.8. The minimum Gasteiger partial charge on any atom is -0.396 e. The van der Waals surface area contributed by atoms with Crippen LogP contribution in [0.15, 0.2) is 65.1 Å². The van der Waals surface area contributed by atoms with Crippen LogP contribution in [0, 0.1) is 0 Å². The first-order valence-corrected chi connectivity index (χ1v) is 11.4. The molecule has 4 aromatic rings. The van der Waals surface area contributed by atoms with Gasteiger partial charge in [0.15, 0.2) is 0 Å². The van der Waals surface area contributed by atoms with Crippen molar-refractivity contribution < 1.29 is 4.21 Å². The van der Waals surface area contributed by atoms with Crippen LogP contribution in [0.3, 0.4) is 0 Å². The summed E-state index contributed by atoms with van der Waals surface area (Å²) in [6.45, 7) is 2.10. The molecule has 0 saturated heterocycles. The fraction of sp³-hybridized carbons (Fsp3) is 0.182. The molecule has 4 rings (SSSR count). The molecule has 1 atom stereocenters. The lowest BCUT2D eigenvalue weighted by Gasteiger charge is -2.08. The molecule has 0 radical (unpaired) electrons. The number of nitrogens with two attached hydrogens (primary N) is 1. The van der Waals surface area contributed by atoms with Gasteiger partial charge in [-0.3, -0.25) is 9.19 Å². The second kappa shape index (κ2) is 8.20. The van der Waals surface area contributed by atoms with E-state index in [9.17, 15) is 4.21 Å². The molecule has 0 saturated carbocycles. The summed E-state index contributed by atoms with van der Waals surface area (Å²) in [6.07, 6.45) is 5.48. The van der Waals surface area contributed by atoms with Crippen LogP contribution in [-0.2, 0) is 10.8 Å². The van der Waals surface area contributed by atoms with Gasteiger partial charge in [0.1, 0.15) is 9.04 Å². The second-order valence-corrected chi connectivity index (χ2v) is 9.31. The van der Waals surface area contributed by atoms with E-state index in [2.05, 4.69) is 30.1 Å². The highest BCUT2D eigenvalue weighted by atomic mass is 32.2. The Balaban J connectivity index is 1.95. The lowest BCUT2D eigenvalue weighted by atomic mass is 10.0. The van der Waals surface area contributed by atoms with Crippen LogP contribution in [0.5, 0.6) is 0 Å². The van der Waals surface area contributed by atoms with E-state index in [1.54, 1.807) is 12.4 Å². The van der Waals surface area contributed by atoms with Crippen molar-refractivity contribution in [1.82, 2.24) is 9.97 Å². The quantitative estimate of drug-likeness (QED) is 0.457. The van der Waals surface area contributed by atoms with Crippen LogP contribution < -0.4 is 5.73 Å². The Labute approximate surface area is 170 Å². The van der Waals surface area contributed by atoms with E-state index in [-0.39, 0.29) is 0 Å². The molecule has 0 spiro atoms. The van der Waals surface area contributed by atoms with Crippen molar-refractivity contribution in [2.75, 3.05) is 11.5 Å². The third-order valence-corrected chi connectivity index (χ3v) is 7.59. The average molecular weight is 408 g/mol. The minimum atomic E-state index is -1.10. The normalized spacial score (nSPS) is 12.3. The van der Waals surface area contributed by atoms with E-state index in [0.29, 0.717) is 11.4 Å². The van der Waals surface area contributed by atoms with Crippen molar-refractivity contribution >= 4 is 38.0 Å². The SMILES string of the molecule is CCCC[S@@](=O)c1sc2nc(-c3cccnc3)cc(-c3ccccc3)c2c1N. The van der Waals surface area contributed by atoms with Crippen LogP contribution in [0.25, 0.3) is 32.6 Å². The summed E-state index contributed by atoms with van der Waals surface area (Å²) in [7, 11) is -1.10. The molecule has 142 valence electrons. The summed E-state index contributed by atoms with van der Waals surface area (Å²) in [4.78, 5) is 9.88. The molecule has 0 bridgehead atoms. The van der Waals surface area contributed by atoms with Crippen molar-refractivity contribution in [3.05, 3.63) is 60.9 Å². The summed E-state index contributed by atoms with van der Waals surface area (Å²) < 4.78 is 13.5. The maximum absolute atomic E-state index is 12.8. The van der Waals surface area contributed by atoms with Crippen molar-refractivity contribution in [3.8, 4) is 22.4 Å². The van der Waals surface area contributed by atoms with Crippen LogP contribution >= 0.6 is 11.3 Å². The number of nitrogen functional groups attached to an aromatic ring is 1. The number of aromatic nitrogens is 2. The molecule has 28 heavy (non-hydrogen) atoms. The van der Waals surface area contributed by atoms with Gasteiger partial charge in [-0.15, -0.1) is 11.3 Å². The summed E-state index contributed by atoms with van der Waals surface area (Å²) in [5, 5.41) is 0.892. The number of rotatable bonds is 6. The molecule has 2 N–H and O–H groups in total. The van der Waals surface area contributed by atoms with Crippen molar-refractivity contribution in [2.45, 2.75) is 24.0 Å². The van der Waals surface area contributed by atoms with Crippen LogP contribution in [0.2, 0.25) is 0 Å². The van der Waals surface area contributed by atoms with Gasteiger partial charge in [-0.25, -0.2) is 4.98 Å². The van der Waals surface area contributed by atoms with Gasteiger partial charge in [-0.05, 0) is 35.7 Å². The van der Waals surface area contributed by atoms with Crippen LogP contribution in [0.1, 0.15) is 19.8 Å². The molecular weight excluding hydrogens is 386 g/mol. The predicted octanol–water partition coefficient (Wildman–Crippen LogP) is 5.52. The number of pyridine rings is 2. The lowest BCUT2D eigenvalue weighted by molar-refractivity contribution is 0.681. The third-order valence-electron chi connectivity index (χ3n) is 4.60. The fourth-order valence-corrected chi connectivity index (χ4v) is 5.94. The van der Waals surface area contributed by atoms with Gasteiger partial charge >= 0.3 is 0 Å². The van der Waals surface area contributed by atoms with Gasteiger partial charge in [-0.2, -0.15) is 0 Å². The number of thiophene rings is 1. The van der Waals surface area contributed by atoms with Crippen LogP contribution in [0.4, 0.5) is 5.69 Å². The van der Waals surface area contributed by atoms with Gasteiger partial charge in [0.25, 0.3) is 0 Å². The molecule has 4 nitrogen and oxygen atoms in total. The summed E-state index contributed by atoms with van der Waals surface area (Å²) >= 11 is 1.44. The Kier molecular flexibility index (Phi) is 5.50. The molecule has 0 aliphatic rings. The summed E-state index contributed by atoms with van der Waals surface area (Å²) in [5.74, 6) is 0.629. The van der Waals surface area contributed by atoms with E-state index < -0.39 is 10.8 Å². The largest absolute Gasteiger partial charge is 0.396 e.